The first kappa shape index (κ1) is 20.6. The van der Waals surface area contributed by atoms with Crippen molar-refractivity contribution in [3.63, 3.8) is 0 Å². The zero-order chi connectivity index (χ0) is 21.6. The van der Waals surface area contributed by atoms with Crippen LogP contribution in [0.3, 0.4) is 0 Å². The lowest BCUT2D eigenvalue weighted by molar-refractivity contribution is -0.113. The zero-order valence-corrected chi connectivity index (χ0v) is 18.0. The standard InChI is InChI=1S/C23H21N5O2S/c1-16-9-11-18(12-10-16)28-22(17-6-5-13-24-14-17)26-27-23(28)31-15-21(29)25-19-7-3-4-8-20(19)30-2/h3-14H,15H2,1-2H3,(H,25,29). The molecule has 156 valence electrons. The third-order valence-corrected chi connectivity index (χ3v) is 5.49. The highest BCUT2D eigenvalue weighted by Gasteiger charge is 2.18. The summed E-state index contributed by atoms with van der Waals surface area (Å²) in [5, 5.41) is 12.2. The minimum absolute atomic E-state index is 0.157. The lowest BCUT2D eigenvalue weighted by Crippen LogP contribution is -2.15. The molecule has 0 radical (unpaired) electrons. The summed E-state index contributed by atoms with van der Waals surface area (Å²) in [5.41, 5.74) is 3.56. The number of pyridine rings is 1. The summed E-state index contributed by atoms with van der Waals surface area (Å²) in [6.45, 7) is 2.04. The van der Waals surface area contributed by atoms with Gasteiger partial charge in [0.1, 0.15) is 5.75 Å². The van der Waals surface area contributed by atoms with E-state index < -0.39 is 0 Å². The maximum atomic E-state index is 12.6. The monoisotopic (exact) mass is 431 g/mol. The van der Waals surface area contributed by atoms with Crippen molar-refractivity contribution in [3.8, 4) is 22.8 Å². The lowest BCUT2D eigenvalue weighted by Gasteiger charge is -2.11. The van der Waals surface area contributed by atoms with Crippen LogP contribution >= 0.6 is 11.8 Å². The number of methoxy groups -OCH3 is 1. The van der Waals surface area contributed by atoms with Crippen LogP contribution in [0.1, 0.15) is 5.56 Å². The number of hydrogen-bond donors (Lipinski definition) is 1. The van der Waals surface area contributed by atoms with Gasteiger partial charge in [0.05, 0.1) is 18.6 Å². The van der Waals surface area contributed by atoms with Crippen LogP contribution in [0.15, 0.2) is 78.2 Å². The number of anilines is 1. The number of amides is 1. The normalized spacial score (nSPS) is 10.6. The van der Waals surface area contributed by atoms with Crippen molar-refractivity contribution in [2.45, 2.75) is 12.1 Å². The van der Waals surface area contributed by atoms with Gasteiger partial charge in [-0.25, -0.2) is 0 Å². The molecule has 4 aromatic rings. The van der Waals surface area contributed by atoms with Gasteiger partial charge in [0.2, 0.25) is 5.91 Å². The third kappa shape index (κ3) is 4.75. The number of benzene rings is 2. The van der Waals surface area contributed by atoms with E-state index in [1.807, 2.05) is 60.0 Å². The molecule has 7 nitrogen and oxygen atoms in total. The van der Waals surface area contributed by atoms with Crippen LogP contribution < -0.4 is 10.1 Å². The van der Waals surface area contributed by atoms with Gasteiger partial charge in [-0.05, 0) is 43.3 Å². The van der Waals surface area contributed by atoms with Gasteiger partial charge in [-0.2, -0.15) is 0 Å². The van der Waals surface area contributed by atoms with Gasteiger partial charge in [-0.1, -0.05) is 41.6 Å². The van der Waals surface area contributed by atoms with Crippen LogP contribution in [0.4, 0.5) is 5.69 Å². The molecule has 0 aliphatic heterocycles. The molecule has 31 heavy (non-hydrogen) atoms. The van der Waals surface area contributed by atoms with E-state index in [1.165, 1.54) is 11.8 Å². The number of rotatable bonds is 7. The van der Waals surface area contributed by atoms with Crippen molar-refractivity contribution in [1.29, 1.82) is 0 Å². The second kappa shape index (κ2) is 9.44. The van der Waals surface area contributed by atoms with Crippen LogP contribution in [0, 0.1) is 6.92 Å². The molecule has 2 heterocycles. The Morgan fingerprint density at radius 1 is 1.06 bits per heavy atom. The van der Waals surface area contributed by atoms with Gasteiger partial charge >= 0.3 is 0 Å². The van der Waals surface area contributed by atoms with Crippen molar-refractivity contribution in [2.24, 2.45) is 0 Å². The first-order valence-electron chi connectivity index (χ1n) is 9.64. The third-order valence-electron chi connectivity index (χ3n) is 4.56. The predicted octanol–water partition coefficient (Wildman–Crippen LogP) is 4.38. The molecule has 0 saturated carbocycles. The highest BCUT2D eigenvalue weighted by molar-refractivity contribution is 7.99. The van der Waals surface area contributed by atoms with Gasteiger partial charge in [-0.15, -0.1) is 10.2 Å². The molecule has 1 amide bonds. The van der Waals surface area contributed by atoms with Crippen molar-refractivity contribution in [2.75, 3.05) is 18.2 Å². The van der Waals surface area contributed by atoms with E-state index in [1.54, 1.807) is 31.6 Å². The molecule has 2 aromatic heterocycles. The average Bonchev–Trinajstić information content (AvgIpc) is 3.23. The fraction of sp³-hybridized carbons (Fsp3) is 0.130. The maximum absolute atomic E-state index is 12.6. The Morgan fingerprint density at radius 3 is 2.61 bits per heavy atom. The molecule has 4 rings (SSSR count). The molecule has 0 fully saturated rings. The summed E-state index contributed by atoms with van der Waals surface area (Å²) < 4.78 is 7.24. The van der Waals surface area contributed by atoms with Gasteiger partial charge in [-0.3, -0.25) is 14.3 Å². The first-order chi connectivity index (χ1) is 15.2. The number of aryl methyl sites for hydroxylation is 1. The fourth-order valence-corrected chi connectivity index (χ4v) is 3.79. The average molecular weight is 432 g/mol. The molecule has 0 saturated heterocycles. The summed E-state index contributed by atoms with van der Waals surface area (Å²) in [7, 11) is 1.57. The molecule has 2 aromatic carbocycles. The van der Waals surface area contributed by atoms with E-state index in [9.17, 15) is 4.79 Å². The Morgan fingerprint density at radius 2 is 1.87 bits per heavy atom. The highest BCUT2D eigenvalue weighted by Crippen LogP contribution is 2.28. The molecule has 1 N–H and O–H groups in total. The molecule has 0 spiro atoms. The summed E-state index contributed by atoms with van der Waals surface area (Å²) >= 11 is 1.32. The minimum atomic E-state index is -0.157. The first-order valence-corrected chi connectivity index (χ1v) is 10.6. The molecule has 8 heteroatoms. The summed E-state index contributed by atoms with van der Waals surface area (Å²) in [5.74, 6) is 1.30. The molecular formula is C23H21N5O2S. The number of carbonyl (C=O) groups is 1. The number of para-hydroxylation sites is 2. The van der Waals surface area contributed by atoms with Crippen LogP contribution in [0.25, 0.3) is 17.1 Å². The quantitative estimate of drug-likeness (QED) is 0.438. The van der Waals surface area contributed by atoms with Gasteiger partial charge in [0.25, 0.3) is 0 Å². The van der Waals surface area contributed by atoms with Crippen LogP contribution in [0.5, 0.6) is 5.75 Å². The second-order valence-corrected chi connectivity index (χ2v) is 7.70. The Bertz CT molecular complexity index is 1180. The summed E-state index contributed by atoms with van der Waals surface area (Å²) in [6, 6.07) is 19.2. The number of hydrogen-bond acceptors (Lipinski definition) is 6. The molecule has 0 aliphatic rings. The smallest absolute Gasteiger partial charge is 0.234 e. The van der Waals surface area contributed by atoms with Crippen molar-refractivity contribution in [1.82, 2.24) is 19.7 Å². The number of nitrogens with zero attached hydrogens (tertiary/aromatic N) is 4. The van der Waals surface area contributed by atoms with E-state index in [2.05, 4.69) is 20.5 Å². The number of ether oxygens (including phenoxy) is 1. The SMILES string of the molecule is COc1ccccc1NC(=O)CSc1nnc(-c2cccnc2)n1-c1ccc(C)cc1. The largest absolute Gasteiger partial charge is 0.495 e. The summed E-state index contributed by atoms with van der Waals surface area (Å²) in [6.07, 6.45) is 3.46. The summed E-state index contributed by atoms with van der Waals surface area (Å²) in [4.78, 5) is 16.8. The number of thioether (sulfide) groups is 1. The molecule has 0 bridgehead atoms. The van der Waals surface area contributed by atoms with Crippen LogP contribution in [0.2, 0.25) is 0 Å². The van der Waals surface area contributed by atoms with Crippen molar-refractivity contribution >= 4 is 23.4 Å². The second-order valence-electron chi connectivity index (χ2n) is 6.76. The van der Waals surface area contributed by atoms with Gasteiger partial charge < -0.3 is 10.1 Å². The van der Waals surface area contributed by atoms with Crippen LogP contribution in [-0.2, 0) is 4.79 Å². The number of aromatic nitrogens is 4. The fourth-order valence-electron chi connectivity index (χ4n) is 3.04. The Labute approximate surface area is 184 Å². The molecule has 0 aliphatic carbocycles. The lowest BCUT2D eigenvalue weighted by atomic mass is 10.2. The Kier molecular flexibility index (Phi) is 6.28. The Hall–Kier alpha value is -3.65. The van der Waals surface area contributed by atoms with E-state index >= 15 is 0 Å². The zero-order valence-electron chi connectivity index (χ0n) is 17.1. The number of carbonyl (C=O) groups excluding carboxylic acids is 1. The maximum Gasteiger partial charge on any atom is 0.234 e. The highest BCUT2D eigenvalue weighted by atomic mass is 32.2. The topological polar surface area (TPSA) is 81.9 Å². The molecule has 0 unspecified atom stereocenters. The minimum Gasteiger partial charge on any atom is -0.495 e. The number of nitrogens with one attached hydrogen (secondary N) is 1. The van der Waals surface area contributed by atoms with E-state index in [0.29, 0.717) is 22.4 Å². The molecule has 0 atom stereocenters. The van der Waals surface area contributed by atoms with Crippen LogP contribution in [-0.4, -0.2) is 38.5 Å². The molecular weight excluding hydrogens is 410 g/mol. The van der Waals surface area contributed by atoms with E-state index in [0.717, 1.165) is 16.8 Å². The van der Waals surface area contributed by atoms with Crippen molar-refractivity contribution < 1.29 is 9.53 Å². The van der Waals surface area contributed by atoms with E-state index in [4.69, 9.17) is 4.74 Å². The van der Waals surface area contributed by atoms with Gasteiger partial charge in [0, 0.05) is 23.6 Å². The Balaban J connectivity index is 1.59. The van der Waals surface area contributed by atoms with E-state index in [-0.39, 0.29) is 11.7 Å². The van der Waals surface area contributed by atoms with Gasteiger partial charge in [0.15, 0.2) is 11.0 Å². The predicted molar refractivity (Wildman–Crippen MR) is 122 cm³/mol. The van der Waals surface area contributed by atoms with Crippen molar-refractivity contribution in [3.05, 3.63) is 78.6 Å².